The van der Waals surface area contributed by atoms with Gasteiger partial charge in [0.1, 0.15) is 0 Å². The molecule has 2 rings (SSSR count). The molecule has 2 heteroatoms. The smallest absolute Gasteiger partial charge is 0.176 e. The third-order valence-electron chi connectivity index (χ3n) is 3.37. The molecule has 0 N–H and O–H groups in total. The van der Waals surface area contributed by atoms with Gasteiger partial charge in [-0.15, -0.1) is 0 Å². The topological polar surface area (TPSA) is 20.3 Å². The van der Waals surface area contributed by atoms with Gasteiger partial charge in [0.2, 0.25) is 0 Å². The van der Waals surface area contributed by atoms with E-state index < -0.39 is 0 Å². The van der Waals surface area contributed by atoms with Gasteiger partial charge in [0, 0.05) is 5.56 Å². The number of carbonyl (C=O) groups excluding carboxylic acids is 1. The quantitative estimate of drug-likeness (QED) is 0.721. The normalized spacial score (nSPS) is 14.2. The molecule has 0 fully saturated rings. The number of ketones is 1. The molecule has 0 atom stereocenters. The van der Waals surface area contributed by atoms with Gasteiger partial charge in [-0.25, -0.2) is 0 Å². The zero-order valence-electron chi connectivity index (χ0n) is 10.1. The predicted molar refractivity (Wildman–Crippen MR) is 66.0 cm³/mol. The second kappa shape index (κ2) is 4.79. The molecule has 86 valence electrons. The highest BCUT2D eigenvalue weighted by Gasteiger charge is 2.14. The van der Waals surface area contributed by atoms with Crippen molar-refractivity contribution in [3.63, 3.8) is 0 Å². The summed E-state index contributed by atoms with van der Waals surface area (Å²) in [7, 11) is 1.98. The molecule has 0 bridgehead atoms. The van der Waals surface area contributed by atoms with Crippen molar-refractivity contribution in [2.45, 2.75) is 26.2 Å². The van der Waals surface area contributed by atoms with Crippen LogP contribution in [-0.4, -0.2) is 30.8 Å². The van der Waals surface area contributed by atoms with E-state index in [1.54, 1.807) is 0 Å². The van der Waals surface area contributed by atoms with Gasteiger partial charge in [-0.3, -0.25) is 9.69 Å². The molecule has 1 aliphatic rings. The lowest BCUT2D eigenvalue weighted by Gasteiger charge is -2.12. The Labute approximate surface area is 97.3 Å². The minimum Gasteiger partial charge on any atom is -0.299 e. The van der Waals surface area contributed by atoms with Gasteiger partial charge in [0.05, 0.1) is 6.54 Å². The van der Waals surface area contributed by atoms with E-state index in [1.165, 1.54) is 24.0 Å². The van der Waals surface area contributed by atoms with Gasteiger partial charge < -0.3 is 0 Å². The highest BCUT2D eigenvalue weighted by atomic mass is 16.1. The SMILES string of the molecule is CCN(C)CC(=O)c1ccc2c(c1)CCC2. The first-order chi connectivity index (χ1) is 7.70. The number of Topliss-reactive ketones (excluding diaryl/α,β-unsaturated/α-hetero) is 1. The maximum Gasteiger partial charge on any atom is 0.176 e. The summed E-state index contributed by atoms with van der Waals surface area (Å²) >= 11 is 0. The van der Waals surface area contributed by atoms with Gasteiger partial charge in [0.25, 0.3) is 0 Å². The number of fused-ring (bicyclic) bond motifs is 1. The first-order valence-corrected chi connectivity index (χ1v) is 6.04. The van der Waals surface area contributed by atoms with E-state index in [2.05, 4.69) is 19.1 Å². The van der Waals surface area contributed by atoms with Crippen molar-refractivity contribution < 1.29 is 4.79 Å². The molecule has 1 aromatic carbocycles. The lowest BCUT2D eigenvalue weighted by molar-refractivity contribution is 0.0949. The molecule has 0 spiro atoms. The molecule has 0 heterocycles. The zero-order chi connectivity index (χ0) is 11.5. The van der Waals surface area contributed by atoms with Gasteiger partial charge >= 0.3 is 0 Å². The van der Waals surface area contributed by atoms with Crippen molar-refractivity contribution in [1.29, 1.82) is 0 Å². The molecule has 0 aromatic heterocycles. The highest BCUT2D eigenvalue weighted by molar-refractivity contribution is 5.97. The molecule has 0 radical (unpaired) electrons. The summed E-state index contributed by atoms with van der Waals surface area (Å²) in [5, 5.41) is 0. The Kier molecular flexibility index (Phi) is 3.39. The highest BCUT2D eigenvalue weighted by Crippen LogP contribution is 2.22. The minimum absolute atomic E-state index is 0.235. The summed E-state index contributed by atoms with van der Waals surface area (Å²) < 4.78 is 0. The van der Waals surface area contributed by atoms with E-state index in [1.807, 2.05) is 18.0 Å². The summed E-state index contributed by atoms with van der Waals surface area (Å²) in [5.74, 6) is 0.235. The van der Waals surface area contributed by atoms with E-state index >= 15 is 0 Å². The minimum atomic E-state index is 0.235. The average molecular weight is 217 g/mol. The Morgan fingerprint density at radius 2 is 2.06 bits per heavy atom. The third kappa shape index (κ3) is 2.33. The number of benzene rings is 1. The summed E-state index contributed by atoms with van der Waals surface area (Å²) in [5.41, 5.74) is 3.69. The predicted octanol–water partition coefficient (Wildman–Crippen LogP) is 2.31. The monoisotopic (exact) mass is 217 g/mol. The second-order valence-electron chi connectivity index (χ2n) is 4.59. The molecule has 16 heavy (non-hydrogen) atoms. The van der Waals surface area contributed by atoms with Crippen molar-refractivity contribution in [2.24, 2.45) is 0 Å². The zero-order valence-corrected chi connectivity index (χ0v) is 10.1. The first-order valence-electron chi connectivity index (χ1n) is 6.04. The van der Waals surface area contributed by atoms with Crippen LogP contribution in [0, 0.1) is 0 Å². The molecule has 2 nitrogen and oxygen atoms in total. The van der Waals surface area contributed by atoms with Crippen LogP contribution >= 0.6 is 0 Å². The summed E-state index contributed by atoms with van der Waals surface area (Å²) in [6.07, 6.45) is 3.56. The summed E-state index contributed by atoms with van der Waals surface area (Å²) in [4.78, 5) is 14.0. The van der Waals surface area contributed by atoms with Crippen molar-refractivity contribution in [3.8, 4) is 0 Å². The van der Waals surface area contributed by atoms with Crippen LogP contribution in [0.2, 0.25) is 0 Å². The van der Waals surface area contributed by atoms with Gasteiger partial charge in [0.15, 0.2) is 5.78 Å². The van der Waals surface area contributed by atoms with Crippen LogP contribution in [0.5, 0.6) is 0 Å². The lowest BCUT2D eigenvalue weighted by atomic mass is 10.0. The number of likely N-dealkylation sites (N-methyl/N-ethyl adjacent to an activating group) is 1. The van der Waals surface area contributed by atoms with Crippen LogP contribution in [0.25, 0.3) is 0 Å². The Morgan fingerprint density at radius 3 is 2.81 bits per heavy atom. The second-order valence-corrected chi connectivity index (χ2v) is 4.59. The van der Waals surface area contributed by atoms with E-state index in [-0.39, 0.29) is 5.78 Å². The maximum absolute atomic E-state index is 12.0. The van der Waals surface area contributed by atoms with Crippen LogP contribution in [-0.2, 0) is 12.8 Å². The average Bonchev–Trinajstić information content (AvgIpc) is 2.75. The molecular formula is C14H19NO. The Balaban J connectivity index is 2.12. The van der Waals surface area contributed by atoms with E-state index in [0.29, 0.717) is 6.54 Å². The number of hydrogen-bond donors (Lipinski definition) is 0. The summed E-state index contributed by atoms with van der Waals surface area (Å²) in [6.45, 7) is 3.50. The van der Waals surface area contributed by atoms with Crippen LogP contribution in [0.1, 0.15) is 34.8 Å². The molecule has 0 aliphatic heterocycles. The van der Waals surface area contributed by atoms with Gasteiger partial charge in [-0.1, -0.05) is 19.1 Å². The third-order valence-corrected chi connectivity index (χ3v) is 3.37. The number of carbonyl (C=O) groups is 1. The standard InChI is InChI=1S/C14H19NO/c1-3-15(2)10-14(16)13-8-7-11-5-4-6-12(11)9-13/h7-9H,3-6,10H2,1-2H3. The molecule has 0 saturated carbocycles. The molecule has 0 amide bonds. The van der Waals surface area contributed by atoms with Crippen molar-refractivity contribution in [3.05, 3.63) is 34.9 Å². The lowest BCUT2D eigenvalue weighted by Crippen LogP contribution is -2.25. The van der Waals surface area contributed by atoms with Crippen molar-refractivity contribution >= 4 is 5.78 Å². The van der Waals surface area contributed by atoms with E-state index in [0.717, 1.165) is 18.5 Å². The fourth-order valence-electron chi connectivity index (χ4n) is 2.19. The van der Waals surface area contributed by atoms with Crippen LogP contribution in [0.4, 0.5) is 0 Å². The van der Waals surface area contributed by atoms with Gasteiger partial charge in [-0.05, 0) is 50.0 Å². The first kappa shape index (κ1) is 11.3. The number of aryl methyl sites for hydroxylation is 2. The number of rotatable bonds is 4. The maximum atomic E-state index is 12.0. The van der Waals surface area contributed by atoms with Crippen LogP contribution in [0.3, 0.4) is 0 Å². The molecule has 1 aliphatic carbocycles. The number of nitrogens with zero attached hydrogens (tertiary/aromatic N) is 1. The molecule has 0 unspecified atom stereocenters. The fraction of sp³-hybridized carbons (Fsp3) is 0.500. The number of hydrogen-bond acceptors (Lipinski definition) is 2. The van der Waals surface area contributed by atoms with Crippen LogP contribution < -0.4 is 0 Å². The molecule has 0 saturated heterocycles. The summed E-state index contributed by atoms with van der Waals surface area (Å²) in [6, 6.07) is 6.20. The Hall–Kier alpha value is -1.15. The fourth-order valence-corrected chi connectivity index (χ4v) is 2.19. The van der Waals surface area contributed by atoms with Crippen molar-refractivity contribution in [1.82, 2.24) is 4.90 Å². The Bertz CT molecular complexity index is 398. The van der Waals surface area contributed by atoms with Crippen molar-refractivity contribution in [2.75, 3.05) is 20.1 Å². The van der Waals surface area contributed by atoms with Crippen LogP contribution in [0.15, 0.2) is 18.2 Å². The van der Waals surface area contributed by atoms with E-state index in [4.69, 9.17) is 0 Å². The van der Waals surface area contributed by atoms with Gasteiger partial charge in [-0.2, -0.15) is 0 Å². The molecule has 1 aromatic rings. The van der Waals surface area contributed by atoms with E-state index in [9.17, 15) is 4.79 Å². The largest absolute Gasteiger partial charge is 0.299 e. The molecular weight excluding hydrogens is 198 g/mol. The Morgan fingerprint density at radius 1 is 1.31 bits per heavy atom.